The molecule has 1 aliphatic rings. The Kier molecular flexibility index (Phi) is 4.62. The molecule has 1 aliphatic carbocycles. The molecule has 0 aliphatic heterocycles. The van der Waals surface area contributed by atoms with E-state index in [0.717, 1.165) is 5.92 Å². The lowest BCUT2D eigenvalue weighted by atomic mass is 9.71. The second-order valence-corrected chi connectivity index (χ2v) is 5.98. The third kappa shape index (κ3) is 3.37. The van der Waals surface area contributed by atoms with E-state index in [1.165, 1.54) is 37.7 Å². The van der Waals surface area contributed by atoms with E-state index in [0.29, 0.717) is 17.4 Å². The lowest BCUT2D eigenvalue weighted by Crippen LogP contribution is -2.21. The first-order valence-electron chi connectivity index (χ1n) is 7.45. The van der Waals surface area contributed by atoms with Crippen molar-refractivity contribution in [1.82, 2.24) is 0 Å². The second kappa shape index (κ2) is 6.23. The Balaban J connectivity index is 2.04. The van der Waals surface area contributed by atoms with Gasteiger partial charge in [0.1, 0.15) is 0 Å². The van der Waals surface area contributed by atoms with Gasteiger partial charge in [0.25, 0.3) is 0 Å². The van der Waals surface area contributed by atoms with E-state index in [1.807, 2.05) is 12.1 Å². The number of carboxylic acids is 1. The summed E-state index contributed by atoms with van der Waals surface area (Å²) in [5, 5.41) is 8.93. The first-order chi connectivity index (χ1) is 9.11. The molecule has 1 N–H and O–H groups in total. The minimum atomic E-state index is -0.841. The van der Waals surface area contributed by atoms with Crippen molar-refractivity contribution in [2.45, 2.75) is 51.9 Å². The van der Waals surface area contributed by atoms with Gasteiger partial charge in [-0.3, -0.25) is 0 Å². The summed E-state index contributed by atoms with van der Waals surface area (Å²) in [7, 11) is 0. The molecular formula is C17H24O2. The third-order valence-electron chi connectivity index (χ3n) is 4.56. The smallest absolute Gasteiger partial charge is 0.335 e. The third-order valence-corrected chi connectivity index (χ3v) is 4.56. The number of hydrogen-bond donors (Lipinski definition) is 1. The number of carbonyl (C=O) groups is 1. The van der Waals surface area contributed by atoms with Gasteiger partial charge in [-0.15, -0.1) is 0 Å². The van der Waals surface area contributed by atoms with Crippen molar-refractivity contribution >= 4 is 5.97 Å². The average molecular weight is 260 g/mol. The number of hydrogen-bond acceptors (Lipinski definition) is 1. The van der Waals surface area contributed by atoms with Gasteiger partial charge in [0.05, 0.1) is 5.56 Å². The zero-order valence-corrected chi connectivity index (χ0v) is 11.9. The molecule has 0 saturated heterocycles. The molecule has 3 unspecified atom stereocenters. The molecule has 104 valence electrons. The van der Waals surface area contributed by atoms with Crippen molar-refractivity contribution in [3.63, 3.8) is 0 Å². The second-order valence-electron chi connectivity index (χ2n) is 5.98. The van der Waals surface area contributed by atoms with Crippen LogP contribution in [0.25, 0.3) is 0 Å². The SMILES string of the molecule is CCCC1CCC(c2ccc(C(=O)O)cc2)C(C)C1. The van der Waals surface area contributed by atoms with Crippen LogP contribution in [0.1, 0.15) is 67.8 Å². The molecule has 0 aromatic heterocycles. The van der Waals surface area contributed by atoms with E-state index in [2.05, 4.69) is 13.8 Å². The number of rotatable bonds is 4. The summed E-state index contributed by atoms with van der Waals surface area (Å²) in [6, 6.07) is 7.49. The van der Waals surface area contributed by atoms with Crippen LogP contribution in [-0.4, -0.2) is 11.1 Å². The van der Waals surface area contributed by atoms with Crippen molar-refractivity contribution in [3.05, 3.63) is 35.4 Å². The molecule has 0 heterocycles. The van der Waals surface area contributed by atoms with Crippen molar-refractivity contribution < 1.29 is 9.90 Å². The van der Waals surface area contributed by atoms with Gasteiger partial charge in [0, 0.05) is 0 Å². The fraction of sp³-hybridized carbons (Fsp3) is 0.588. The minimum Gasteiger partial charge on any atom is -0.478 e. The molecule has 2 nitrogen and oxygen atoms in total. The molecular weight excluding hydrogens is 236 g/mol. The highest BCUT2D eigenvalue weighted by molar-refractivity contribution is 5.87. The largest absolute Gasteiger partial charge is 0.478 e. The van der Waals surface area contributed by atoms with Crippen LogP contribution in [0.5, 0.6) is 0 Å². The normalized spacial score (nSPS) is 27.2. The summed E-state index contributed by atoms with van der Waals surface area (Å²) in [6.45, 7) is 4.61. The average Bonchev–Trinajstić information content (AvgIpc) is 2.39. The van der Waals surface area contributed by atoms with Crippen LogP contribution in [-0.2, 0) is 0 Å². The molecule has 1 aromatic carbocycles. The first kappa shape index (κ1) is 14.1. The topological polar surface area (TPSA) is 37.3 Å². The highest BCUT2D eigenvalue weighted by Crippen LogP contribution is 2.41. The highest BCUT2D eigenvalue weighted by Gasteiger charge is 2.28. The van der Waals surface area contributed by atoms with Crippen LogP contribution in [0, 0.1) is 11.8 Å². The maximum Gasteiger partial charge on any atom is 0.335 e. The Bertz CT molecular complexity index is 421. The molecule has 19 heavy (non-hydrogen) atoms. The van der Waals surface area contributed by atoms with Gasteiger partial charge in [-0.05, 0) is 54.7 Å². The van der Waals surface area contributed by atoms with E-state index >= 15 is 0 Å². The predicted molar refractivity (Wildman–Crippen MR) is 77.6 cm³/mol. The van der Waals surface area contributed by atoms with E-state index < -0.39 is 5.97 Å². The molecule has 0 spiro atoms. The van der Waals surface area contributed by atoms with Gasteiger partial charge < -0.3 is 5.11 Å². The lowest BCUT2D eigenvalue weighted by molar-refractivity contribution is 0.0697. The Morgan fingerprint density at radius 3 is 2.47 bits per heavy atom. The lowest BCUT2D eigenvalue weighted by Gasteiger charge is -2.34. The quantitative estimate of drug-likeness (QED) is 0.851. The first-order valence-corrected chi connectivity index (χ1v) is 7.45. The van der Waals surface area contributed by atoms with E-state index in [-0.39, 0.29) is 0 Å². The molecule has 0 bridgehead atoms. The molecule has 1 aromatic rings. The molecule has 2 rings (SSSR count). The standard InChI is InChI=1S/C17H24O2/c1-3-4-13-5-10-16(12(2)11-13)14-6-8-15(9-7-14)17(18)19/h6-9,12-13,16H,3-5,10-11H2,1-2H3,(H,18,19). The van der Waals surface area contributed by atoms with Crippen LogP contribution < -0.4 is 0 Å². The van der Waals surface area contributed by atoms with Crippen LogP contribution in [0.3, 0.4) is 0 Å². The summed E-state index contributed by atoms with van der Waals surface area (Å²) < 4.78 is 0. The van der Waals surface area contributed by atoms with E-state index in [1.54, 1.807) is 12.1 Å². The summed E-state index contributed by atoms with van der Waals surface area (Å²) >= 11 is 0. The van der Waals surface area contributed by atoms with Crippen molar-refractivity contribution in [2.24, 2.45) is 11.8 Å². The number of carboxylic acid groups (broad SMARTS) is 1. The summed E-state index contributed by atoms with van der Waals surface area (Å²) in [5.74, 6) is 1.37. The van der Waals surface area contributed by atoms with E-state index in [9.17, 15) is 4.79 Å². The molecule has 3 atom stereocenters. The van der Waals surface area contributed by atoms with Gasteiger partial charge in [-0.2, -0.15) is 0 Å². The monoisotopic (exact) mass is 260 g/mol. The van der Waals surface area contributed by atoms with Gasteiger partial charge in [-0.25, -0.2) is 4.79 Å². The summed E-state index contributed by atoms with van der Waals surface area (Å²) in [4.78, 5) is 10.9. The predicted octanol–water partition coefficient (Wildman–Crippen LogP) is 4.70. The van der Waals surface area contributed by atoms with Crippen LogP contribution >= 0.6 is 0 Å². The number of benzene rings is 1. The molecule has 0 radical (unpaired) electrons. The maximum atomic E-state index is 10.9. The summed E-state index contributed by atoms with van der Waals surface area (Å²) in [5.41, 5.74) is 1.70. The zero-order chi connectivity index (χ0) is 13.8. The van der Waals surface area contributed by atoms with Crippen LogP contribution in [0.4, 0.5) is 0 Å². The van der Waals surface area contributed by atoms with Gasteiger partial charge in [-0.1, -0.05) is 38.8 Å². The zero-order valence-electron chi connectivity index (χ0n) is 11.9. The molecule has 1 saturated carbocycles. The Hall–Kier alpha value is -1.31. The summed E-state index contributed by atoms with van der Waals surface area (Å²) in [6.07, 6.45) is 6.53. The van der Waals surface area contributed by atoms with Crippen LogP contribution in [0.15, 0.2) is 24.3 Å². The Morgan fingerprint density at radius 1 is 1.26 bits per heavy atom. The fourth-order valence-corrected chi connectivity index (χ4v) is 3.55. The Morgan fingerprint density at radius 2 is 1.95 bits per heavy atom. The van der Waals surface area contributed by atoms with Gasteiger partial charge in [0.15, 0.2) is 0 Å². The molecule has 2 heteroatoms. The van der Waals surface area contributed by atoms with E-state index in [4.69, 9.17) is 5.11 Å². The molecule has 0 amide bonds. The minimum absolute atomic E-state index is 0.385. The van der Waals surface area contributed by atoms with Crippen molar-refractivity contribution in [3.8, 4) is 0 Å². The highest BCUT2D eigenvalue weighted by atomic mass is 16.4. The maximum absolute atomic E-state index is 10.9. The molecule has 1 fully saturated rings. The van der Waals surface area contributed by atoms with Gasteiger partial charge in [0.2, 0.25) is 0 Å². The number of aromatic carboxylic acids is 1. The van der Waals surface area contributed by atoms with Crippen molar-refractivity contribution in [1.29, 1.82) is 0 Å². The van der Waals surface area contributed by atoms with Crippen molar-refractivity contribution in [2.75, 3.05) is 0 Å². The van der Waals surface area contributed by atoms with Gasteiger partial charge >= 0.3 is 5.97 Å². The Labute approximate surface area is 115 Å². The van der Waals surface area contributed by atoms with Crippen LogP contribution in [0.2, 0.25) is 0 Å². The fourth-order valence-electron chi connectivity index (χ4n) is 3.55.